The molecule has 1 unspecified atom stereocenters. The minimum Gasteiger partial charge on any atom is -0.481 e. The van der Waals surface area contributed by atoms with Crippen LogP contribution in [-0.2, 0) is 9.59 Å². The van der Waals surface area contributed by atoms with E-state index in [9.17, 15) is 9.59 Å². The first kappa shape index (κ1) is 23.9. The Balaban J connectivity index is 4.44. The van der Waals surface area contributed by atoms with Crippen LogP contribution in [0.25, 0.3) is 0 Å². The molecule has 0 aromatic rings. The Labute approximate surface area is 152 Å². The van der Waals surface area contributed by atoms with Crippen molar-refractivity contribution in [3.05, 3.63) is 0 Å². The Morgan fingerprint density at radius 2 is 1.40 bits per heavy atom. The lowest BCUT2D eigenvalue weighted by Gasteiger charge is -2.30. The van der Waals surface area contributed by atoms with Crippen LogP contribution in [0.15, 0.2) is 0 Å². The molecule has 0 radical (unpaired) electrons. The Morgan fingerprint density at radius 1 is 0.840 bits per heavy atom. The second kappa shape index (κ2) is 16.3. The SMILES string of the molecule is CCCCCCCCCC(CCCCO)N(CCC(=O)O)CC(=O)O. The Kier molecular flexibility index (Phi) is 15.6. The van der Waals surface area contributed by atoms with Gasteiger partial charge >= 0.3 is 11.9 Å². The monoisotopic (exact) mass is 359 g/mol. The third kappa shape index (κ3) is 14.9. The van der Waals surface area contributed by atoms with Gasteiger partial charge in [0.1, 0.15) is 0 Å². The number of hydrogen-bond acceptors (Lipinski definition) is 4. The van der Waals surface area contributed by atoms with Gasteiger partial charge in [0, 0.05) is 19.2 Å². The molecule has 0 saturated heterocycles. The van der Waals surface area contributed by atoms with Crippen molar-refractivity contribution in [3.8, 4) is 0 Å². The summed E-state index contributed by atoms with van der Waals surface area (Å²) in [5.74, 6) is -1.82. The van der Waals surface area contributed by atoms with Crippen LogP contribution in [-0.4, -0.2) is 57.9 Å². The molecule has 0 spiro atoms. The maximum atomic E-state index is 11.1. The van der Waals surface area contributed by atoms with Gasteiger partial charge in [-0.05, 0) is 25.7 Å². The fourth-order valence-corrected chi connectivity index (χ4v) is 3.14. The molecule has 0 fully saturated rings. The summed E-state index contributed by atoms with van der Waals surface area (Å²) in [4.78, 5) is 23.8. The zero-order valence-electron chi connectivity index (χ0n) is 15.8. The molecule has 0 bridgehead atoms. The topological polar surface area (TPSA) is 98.1 Å². The zero-order valence-corrected chi connectivity index (χ0v) is 15.8. The van der Waals surface area contributed by atoms with Crippen molar-refractivity contribution in [2.24, 2.45) is 0 Å². The van der Waals surface area contributed by atoms with E-state index in [1.165, 1.54) is 32.1 Å². The molecule has 0 aliphatic rings. The number of aliphatic carboxylic acids is 2. The number of aliphatic hydroxyl groups is 1. The number of hydrogen-bond donors (Lipinski definition) is 3. The number of unbranched alkanes of at least 4 members (excludes halogenated alkanes) is 7. The highest BCUT2D eigenvalue weighted by atomic mass is 16.4. The van der Waals surface area contributed by atoms with Crippen LogP contribution in [0.2, 0.25) is 0 Å². The van der Waals surface area contributed by atoms with Gasteiger partial charge < -0.3 is 15.3 Å². The molecule has 1 atom stereocenters. The molecule has 0 aromatic carbocycles. The first-order valence-electron chi connectivity index (χ1n) is 9.79. The normalized spacial score (nSPS) is 12.4. The minimum atomic E-state index is -0.919. The molecule has 148 valence electrons. The predicted octanol–water partition coefficient (Wildman–Crippen LogP) is 3.52. The molecule has 0 aliphatic heterocycles. The third-order valence-electron chi connectivity index (χ3n) is 4.55. The number of carboxylic acids is 2. The molecule has 0 saturated carbocycles. The molecular formula is C19H37NO5. The van der Waals surface area contributed by atoms with Gasteiger partial charge in [0.15, 0.2) is 0 Å². The van der Waals surface area contributed by atoms with E-state index < -0.39 is 11.9 Å². The fourth-order valence-electron chi connectivity index (χ4n) is 3.14. The molecule has 6 nitrogen and oxygen atoms in total. The molecular weight excluding hydrogens is 322 g/mol. The van der Waals surface area contributed by atoms with Crippen molar-refractivity contribution in [1.29, 1.82) is 0 Å². The first-order chi connectivity index (χ1) is 12.0. The van der Waals surface area contributed by atoms with E-state index in [0.29, 0.717) is 6.42 Å². The summed E-state index contributed by atoms with van der Waals surface area (Å²) >= 11 is 0. The summed E-state index contributed by atoms with van der Waals surface area (Å²) in [6.45, 7) is 2.48. The lowest BCUT2D eigenvalue weighted by molar-refractivity contribution is -0.141. The quantitative estimate of drug-likeness (QED) is 0.324. The van der Waals surface area contributed by atoms with Crippen LogP contribution in [0.1, 0.15) is 84.0 Å². The van der Waals surface area contributed by atoms with E-state index in [2.05, 4.69) is 6.92 Å². The smallest absolute Gasteiger partial charge is 0.317 e. The Hall–Kier alpha value is -1.14. The Morgan fingerprint density at radius 3 is 1.92 bits per heavy atom. The average molecular weight is 360 g/mol. The van der Waals surface area contributed by atoms with Gasteiger partial charge in [0.2, 0.25) is 0 Å². The van der Waals surface area contributed by atoms with Gasteiger partial charge in [-0.1, -0.05) is 51.9 Å². The molecule has 0 amide bonds. The summed E-state index contributed by atoms with van der Waals surface area (Å²) in [7, 11) is 0. The highest BCUT2D eigenvalue weighted by molar-refractivity contribution is 5.69. The number of aliphatic hydroxyl groups excluding tert-OH is 1. The van der Waals surface area contributed by atoms with Crippen LogP contribution in [0, 0.1) is 0 Å². The highest BCUT2D eigenvalue weighted by Crippen LogP contribution is 2.18. The second-order valence-corrected chi connectivity index (χ2v) is 6.79. The molecule has 0 heterocycles. The van der Waals surface area contributed by atoms with Crippen LogP contribution in [0.3, 0.4) is 0 Å². The van der Waals surface area contributed by atoms with Crippen molar-refractivity contribution in [2.45, 2.75) is 90.0 Å². The van der Waals surface area contributed by atoms with Gasteiger partial charge in [0.05, 0.1) is 13.0 Å². The van der Waals surface area contributed by atoms with E-state index in [-0.39, 0.29) is 32.2 Å². The third-order valence-corrected chi connectivity index (χ3v) is 4.55. The summed E-state index contributed by atoms with van der Waals surface area (Å²) < 4.78 is 0. The lowest BCUT2D eigenvalue weighted by atomic mass is 9.99. The summed E-state index contributed by atoms with van der Waals surface area (Å²) in [5.41, 5.74) is 0. The van der Waals surface area contributed by atoms with Gasteiger partial charge in [-0.25, -0.2) is 0 Å². The Bertz CT molecular complexity index is 349. The van der Waals surface area contributed by atoms with Crippen molar-refractivity contribution in [1.82, 2.24) is 4.90 Å². The van der Waals surface area contributed by atoms with Crippen LogP contribution >= 0.6 is 0 Å². The highest BCUT2D eigenvalue weighted by Gasteiger charge is 2.21. The zero-order chi connectivity index (χ0) is 18.9. The maximum absolute atomic E-state index is 11.1. The van der Waals surface area contributed by atoms with Gasteiger partial charge in [-0.3, -0.25) is 14.5 Å². The van der Waals surface area contributed by atoms with Crippen molar-refractivity contribution < 1.29 is 24.9 Å². The van der Waals surface area contributed by atoms with E-state index >= 15 is 0 Å². The summed E-state index contributed by atoms with van der Waals surface area (Å²) in [6, 6.07) is 0.0811. The van der Waals surface area contributed by atoms with Crippen LogP contribution in [0.4, 0.5) is 0 Å². The first-order valence-corrected chi connectivity index (χ1v) is 9.79. The van der Waals surface area contributed by atoms with E-state index in [1.807, 2.05) is 0 Å². The molecule has 0 aliphatic carbocycles. The van der Waals surface area contributed by atoms with Crippen molar-refractivity contribution in [2.75, 3.05) is 19.7 Å². The van der Waals surface area contributed by atoms with Crippen LogP contribution in [0.5, 0.6) is 0 Å². The van der Waals surface area contributed by atoms with Crippen LogP contribution < -0.4 is 0 Å². The van der Waals surface area contributed by atoms with Gasteiger partial charge in [0.25, 0.3) is 0 Å². The number of rotatable bonds is 18. The molecule has 0 rings (SSSR count). The van der Waals surface area contributed by atoms with Gasteiger partial charge in [-0.15, -0.1) is 0 Å². The van der Waals surface area contributed by atoms with Crippen molar-refractivity contribution in [3.63, 3.8) is 0 Å². The fraction of sp³-hybridized carbons (Fsp3) is 0.895. The largest absolute Gasteiger partial charge is 0.481 e. The average Bonchev–Trinajstić information content (AvgIpc) is 2.56. The summed E-state index contributed by atoms with van der Waals surface area (Å²) in [5, 5.41) is 27.0. The van der Waals surface area contributed by atoms with Gasteiger partial charge in [-0.2, -0.15) is 0 Å². The number of carboxylic acid groups (broad SMARTS) is 2. The lowest BCUT2D eigenvalue weighted by Crippen LogP contribution is -2.40. The molecule has 0 aromatic heterocycles. The maximum Gasteiger partial charge on any atom is 0.317 e. The number of nitrogens with zero attached hydrogens (tertiary/aromatic N) is 1. The van der Waals surface area contributed by atoms with Crippen molar-refractivity contribution >= 4 is 11.9 Å². The molecule has 25 heavy (non-hydrogen) atoms. The standard InChI is InChI=1S/C19H37NO5/c1-2-3-4-5-6-7-8-11-17(12-9-10-15-21)20(16-19(24)25)14-13-18(22)23/h17,21H,2-16H2,1H3,(H,22,23)(H,24,25). The predicted molar refractivity (Wildman–Crippen MR) is 98.8 cm³/mol. The van der Waals surface area contributed by atoms with E-state index in [4.69, 9.17) is 15.3 Å². The van der Waals surface area contributed by atoms with E-state index in [1.54, 1.807) is 4.90 Å². The minimum absolute atomic E-state index is 0.0409. The molecule has 6 heteroatoms. The molecule has 3 N–H and O–H groups in total. The van der Waals surface area contributed by atoms with E-state index in [0.717, 1.165) is 32.1 Å². The number of carbonyl (C=O) groups is 2. The summed E-state index contributed by atoms with van der Waals surface area (Å²) in [6.07, 6.45) is 11.6. The second-order valence-electron chi connectivity index (χ2n) is 6.79.